The van der Waals surface area contributed by atoms with Crippen LogP contribution in [0.4, 0.5) is 0 Å². The molecule has 0 atom stereocenters. The fourth-order valence-corrected chi connectivity index (χ4v) is 4.45. The average Bonchev–Trinajstić information content (AvgIpc) is 2.97. The molecule has 0 bridgehead atoms. The highest BCUT2D eigenvalue weighted by Crippen LogP contribution is 2.21. The molecule has 2 rings (SSSR count). The lowest BCUT2D eigenvalue weighted by Crippen LogP contribution is -2.23. The highest BCUT2D eigenvalue weighted by atomic mass is 32.2. The van der Waals surface area contributed by atoms with Crippen LogP contribution in [0.15, 0.2) is 33.9 Å². The fraction of sp³-hybridized carbons (Fsp3) is 0.200. The number of rotatable bonds is 5. The quantitative estimate of drug-likeness (QED) is 0.880. The molecule has 17 heavy (non-hydrogen) atoms. The van der Waals surface area contributed by atoms with Gasteiger partial charge in [0.05, 0.1) is 4.90 Å². The lowest BCUT2D eigenvalue weighted by Gasteiger charge is -2.05. The molecule has 0 unspecified atom stereocenters. The van der Waals surface area contributed by atoms with E-state index in [-0.39, 0.29) is 6.54 Å². The minimum absolute atomic E-state index is 0.243. The van der Waals surface area contributed by atoms with Crippen LogP contribution in [0.25, 0.3) is 0 Å². The molecule has 2 aromatic heterocycles. The van der Waals surface area contributed by atoms with E-state index in [1.165, 1.54) is 22.7 Å². The summed E-state index contributed by atoms with van der Waals surface area (Å²) in [5.74, 6) is 0. The summed E-state index contributed by atoms with van der Waals surface area (Å²) < 4.78 is 26.6. The van der Waals surface area contributed by atoms with Gasteiger partial charge >= 0.3 is 0 Å². The van der Waals surface area contributed by atoms with Crippen LogP contribution in [0.3, 0.4) is 0 Å². The van der Waals surface area contributed by atoms with Crippen LogP contribution in [0.2, 0.25) is 0 Å². The largest absolute Gasteiger partial charge is 0.326 e. The second-order valence-electron chi connectivity index (χ2n) is 3.32. The van der Waals surface area contributed by atoms with Gasteiger partial charge in [-0.3, -0.25) is 0 Å². The van der Waals surface area contributed by atoms with E-state index in [0.29, 0.717) is 16.3 Å². The topological polar surface area (TPSA) is 72.2 Å². The van der Waals surface area contributed by atoms with E-state index >= 15 is 0 Å². The van der Waals surface area contributed by atoms with Gasteiger partial charge in [-0.15, -0.1) is 22.7 Å². The Balaban J connectivity index is 2.14. The van der Waals surface area contributed by atoms with Gasteiger partial charge in [0.15, 0.2) is 0 Å². The first kappa shape index (κ1) is 12.7. The van der Waals surface area contributed by atoms with Gasteiger partial charge in [0.25, 0.3) is 0 Å². The number of nitrogens with two attached hydrogens (primary N) is 1. The Morgan fingerprint density at radius 1 is 1.24 bits per heavy atom. The number of thiophene rings is 2. The SMILES string of the molecule is NCc1sccc1S(=O)(=O)NCc1cccs1. The van der Waals surface area contributed by atoms with Crippen LogP contribution < -0.4 is 10.5 Å². The van der Waals surface area contributed by atoms with E-state index in [1.807, 2.05) is 17.5 Å². The van der Waals surface area contributed by atoms with Gasteiger partial charge in [-0.1, -0.05) is 6.07 Å². The third kappa shape index (κ3) is 2.93. The van der Waals surface area contributed by atoms with E-state index < -0.39 is 10.0 Å². The molecule has 4 nitrogen and oxygen atoms in total. The van der Waals surface area contributed by atoms with E-state index in [1.54, 1.807) is 11.4 Å². The van der Waals surface area contributed by atoms with Crippen LogP contribution in [0, 0.1) is 0 Å². The Morgan fingerprint density at radius 2 is 2.06 bits per heavy atom. The lowest BCUT2D eigenvalue weighted by atomic mass is 10.5. The summed E-state index contributed by atoms with van der Waals surface area (Å²) >= 11 is 2.88. The monoisotopic (exact) mass is 288 g/mol. The zero-order valence-electron chi connectivity index (χ0n) is 8.92. The molecule has 0 aromatic carbocycles. The zero-order valence-corrected chi connectivity index (χ0v) is 11.4. The molecule has 2 heterocycles. The first-order chi connectivity index (χ1) is 8.13. The van der Waals surface area contributed by atoms with Gasteiger partial charge in [-0.25, -0.2) is 13.1 Å². The van der Waals surface area contributed by atoms with Crippen LogP contribution in [0.1, 0.15) is 9.75 Å². The van der Waals surface area contributed by atoms with Crippen molar-refractivity contribution in [2.75, 3.05) is 0 Å². The molecule has 0 saturated heterocycles. The Bertz CT molecular complexity index is 572. The molecular weight excluding hydrogens is 276 g/mol. The van der Waals surface area contributed by atoms with Crippen molar-refractivity contribution in [3.8, 4) is 0 Å². The van der Waals surface area contributed by atoms with E-state index in [0.717, 1.165) is 4.88 Å². The standard InChI is InChI=1S/C10H12N2O2S3/c11-6-9-10(3-5-16-9)17(13,14)12-7-8-2-1-4-15-8/h1-5,12H,6-7,11H2. The van der Waals surface area contributed by atoms with Crippen molar-refractivity contribution in [3.63, 3.8) is 0 Å². The van der Waals surface area contributed by atoms with Crippen molar-refractivity contribution in [1.29, 1.82) is 0 Å². The van der Waals surface area contributed by atoms with Crippen LogP contribution in [0.5, 0.6) is 0 Å². The van der Waals surface area contributed by atoms with Crippen molar-refractivity contribution in [2.45, 2.75) is 18.0 Å². The molecule has 0 fully saturated rings. The zero-order chi connectivity index (χ0) is 12.3. The second-order valence-corrected chi connectivity index (χ2v) is 7.08. The third-order valence-corrected chi connectivity index (χ3v) is 5.63. The summed E-state index contributed by atoms with van der Waals surface area (Å²) in [5.41, 5.74) is 5.50. The number of hydrogen-bond donors (Lipinski definition) is 2. The van der Waals surface area contributed by atoms with Gasteiger partial charge in [0.1, 0.15) is 0 Å². The summed E-state index contributed by atoms with van der Waals surface area (Å²) in [6.07, 6.45) is 0. The maximum Gasteiger partial charge on any atom is 0.242 e. The molecule has 3 N–H and O–H groups in total. The minimum atomic E-state index is -3.45. The van der Waals surface area contributed by atoms with Crippen molar-refractivity contribution in [2.24, 2.45) is 5.73 Å². The van der Waals surface area contributed by atoms with E-state index in [9.17, 15) is 8.42 Å². The van der Waals surface area contributed by atoms with Crippen molar-refractivity contribution < 1.29 is 8.42 Å². The first-order valence-electron chi connectivity index (χ1n) is 4.92. The van der Waals surface area contributed by atoms with Crippen molar-refractivity contribution in [1.82, 2.24) is 4.72 Å². The van der Waals surface area contributed by atoms with Gasteiger partial charge < -0.3 is 5.73 Å². The number of nitrogens with one attached hydrogen (secondary N) is 1. The normalized spacial score (nSPS) is 11.8. The van der Waals surface area contributed by atoms with Crippen LogP contribution in [-0.4, -0.2) is 8.42 Å². The van der Waals surface area contributed by atoms with Crippen molar-refractivity contribution in [3.05, 3.63) is 38.7 Å². The molecule has 0 aliphatic carbocycles. The highest BCUT2D eigenvalue weighted by molar-refractivity contribution is 7.89. The number of hydrogen-bond acceptors (Lipinski definition) is 5. The molecule has 2 aromatic rings. The molecule has 0 saturated carbocycles. The Labute approximate surface area is 108 Å². The van der Waals surface area contributed by atoms with Gasteiger partial charge in [-0.2, -0.15) is 0 Å². The lowest BCUT2D eigenvalue weighted by molar-refractivity contribution is 0.581. The van der Waals surface area contributed by atoms with Crippen LogP contribution in [-0.2, 0) is 23.1 Å². The molecule has 92 valence electrons. The summed E-state index contributed by atoms with van der Waals surface area (Å²) in [6.45, 7) is 0.562. The Morgan fingerprint density at radius 3 is 2.71 bits per heavy atom. The maximum absolute atomic E-state index is 12.0. The molecule has 0 amide bonds. The molecule has 0 aliphatic heterocycles. The maximum atomic E-state index is 12.0. The summed E-state index contributed by atoms with van der Waals surface area (Å²) in [5, 5.41) is 3.65. The van der Waals surface area contributed by atoms with E-state index in [2.05, 4.69) is 4.72 Å². The Kier molecular flexibility index (Phi) is 3.95. The van der Waals surface area contributed by atoms with Crippen LogP contribution >= 0.6 is 22.7 Å². The summed E-state index contributed by atoms with van der Waals surface area (Å²) in [6, 6.07) is 5.37. The predicted octanol–water partition coefficient (Wildman–Crippen LogP) is 1.75. The fourth-order valence-electron chi connectivity index (χ4n) is 1.37. The van der Waals surface area contributed by atoms with Gasteiger partial charge in [0.2, 0.25) is 10.0 Å². The highest BCUT2D eigenvalue weighted by Gasteiger charge is 2.18. The third-order valence-electron chi connectivity index (χ3n) is 2.20. The van der Waals surface area contributed by atoms with Gasteiger partial charge in [-0.05, 0) is 22.9 Å². The number of sulfonamides is 1. The minimum Gasteiger partial charge on any atom is -0.326 e. The molecular formula is C10H12N2O2S3. The van der Waals surface area contributed by atoms with Gasteiger partial charge in [0, 0.05) is 22.8 Å². The molecule has 7 heteroatoms. The predicted molar refractivity (Wildman–Crippen MR) is 70.6 cm³/mol. The summed E-state index contributed by atoms with van der Waals surface area (Å²) in [7, 11) is -3.45. The first-order valence-corrected chi connectivity index (χ1v) is 8.16. The molecule has 0 radical (unpaired) electrons. The van der Waals surface area contributed by atoms with Crippen molar-refractivity contribution >= 4 is 32.7 Å². The molecule has 0 aliphatic rings. The second kappa shape index (κ2) is 5.28. The average molecular weight is 288 g/mol. The Hall–Kier alpha value is -0.730. The molecule has 0 spiro atoms. The summed E-state index contributed by atoms with van der Waals surface area (Å²) in [4.78, 5) is 1.96. The smallest absolute Gasteiger partial charge is 0.242 e. The van der Waals surface area contributed by atoms with E-state index in [4.69, 9.17) is 5.73 Å².